The van der Waals surface area contributed by atoms with E-state index in [1.807, 2.05) is 35.2 Å². The molecule has 1 aromatic heterocycles. The van der Waals surface area contributed by atoms with Gasteiger partial charge in [0.2, 0.25) is 0 Å². The molecule has 0 aliphatic carbocycles. The minimum atomic E-state index is -0.00814. The van der Waals surface area contributed by atoms with Crippen LogP contribution in [0.15, 0.2) is 41.3 Å². The van der Waals surface area contributed by atoms with Gasteiger partial charge in [-0.2, -0.15) is 0 Å². The maximum absolute atomic E-state index is 13.7. The van der Waals surface area contributed by atoms with Crippen molar-refractivity contribution < 1.29 is 14.3 Å². The third-order valence-electron chi connectivity index (χ3n) is 5.74. The van der Waals surface area contributed by atoms with E-state index >= 15 is 0 Å². The van der Waals surface area contributed by atoms with Crippen molar-refractivity contribution in [3.63, 3.8) is 0 Å². The number of methoxy groups -OCH3 is 1. The Hall–Kier alpha value is -2.13. The summed E-state index contributed by atoms with van der Waals surface area (Å²) >= 11 is 3.30. The van der Waals surface area contributed by atoms with Crippen LogP contribution in [0.1, 0.15) is 29.3 Å². The summed E-state index contributed by atoms with van der Waals surface area (Å²) in [6.45, 7) is 9.19. The Morgan fingerprint density at radius 1 is 1.27 bits per heavy atom. The van der Waals surface area contributed by atoms with Crippen molar-refractivity contribution in [2.45, 2.75) is 25.2 Å². The predicted molar refractivity (Wildman–Crippen MR) is 137 cm³/mol. The summed E-state index contributed by atoms with van der Waals surface area (Å²) in [4.78, 5) is 23.9. The molecule has 2 heterocycles. The molecule has 0 bridgehead atoms. The van der Waals surface area contributed by atoms with Crippen LogP contribution in [-0.2, 0) is 4.74 Å². The number of hydrogen-bond acceptors (Lipinski definition) is 7. The third kappa shape index (κ3) is 5.69. The van der Waals surface area contributed by atoms with Crippen LogP contribution in [0.3, 0.4) is 0 Å². The maximum atomic E-state index is 13.7. The van der Waals surface area contributed by atoms with Gasteiger partial charge in [-0.05, 0) is 48.9 Å². The fourth-order valence-electron chi connectivity index (χ4n) is 3.98. The van der Waals surface area contributed by atoms with E-state index in [1.54, 1.807) is 30.2 Å². The fourth-order valence-corrected chi connectivity index (χ4v) is 5.78. The molecule has 0 unspecified atom stereocenters. The van der Waals surface area contributed by atoms with Gasteiger partial charge >= 0.3 is 0 Å². The molecule has 1 aliphatic heterocycles. The van der Waals surface area contributed by atoms with Gasteiger partial charge in [-0.25, -0.2) is 4.98 Å². The highest BCUT2D eigenvalue weighted by atomic mass is 32.2. The summed E-state index contributed by atoms with van der Waals surface area (Å²) < 4.78 is 12.1. The number of fused-ring (bicyclic) bond motifs is 1. The fraction of sp³-hybridized carbons (Fsp3) is 0.440. The normalized spacial score (nSPS) is 14.5. The molecule has 1 aliphatic rings. The van der Waals surface area contributed by atoms with Crippen LogP contribution < -0.4 is 9.64 Å². The number of carbonyl (C=O) groups excluding carboxylic acids is 1. The van der Waals surface area contributed by atoms with E-state index in [0.29, 0.717) is 12.1 Å². The number of ether oxygens (including phenoxy) is 2. The first kappa shape index (κ1) is 24.0. The molecule has 0 saturated carbocycles. The van der Waals surface area contributed by atoms with Gasteiger partial charge in [0, 0.05) is 36.6 Å². The molecule has 1 amide bonds. The second-order valence-electron chi connectivity index (χ2n) is 7.98. The molecule has 0 radical (unpaired) electrons. The van der Waals surface area contributed by atoms with Crippen LogP contribution in [0.25, 0.3) is 10.2 Å². The number of anilines is 1. The minimum Gasteiger partial charge on any atom is -0.494 e. The van der Waals surface area contributed by atoms with Gasteiger partial charge in [0.1, 0.15) is 11.3 Å². The topological polar surface area (TPSA) is 54.9 Å². The summed E-state index contributed by atoms with van der Waals surface area (Å²) in [5.74, 6) is 1.70. The molecule has 0 spiro atoms. The number of thioether (sulfide) groups is 1. The number of nitrogens with zero attached hydrogens (tertiary/aromatic N) is 3. The molecule has 1 fully saturated rings. The van der Waals surface area contributed by atoms with Crippen LogP contribution in [0, 0.1) is 6.92 Å². The van der Waals surface area contributed by atoms with Gasteiger partial charge in [0.05, 0.1) is 25.0 Å². The lowest BCUT2D eigenvalue weighted by atomic mass is 10.2. The number of hydrogen-bond donors (Lipinski definition) is 0. The van der Waals surface area contributed by atoms with Gasteiger partial charge in [-0.15, -0.1) is 11.8 Å². The predicted octanol–water partition coefficient (Wildman–Crippen LogP) is 5.09. The molecular formula is C25H31N3O3S2. The summed E-state index contributed by atoms with van der Waals surface area (Å²) in [6.07, 6.45) is 0.876. The average Bonchev–Trinajstić information content (AvgIpc) is 3.29. The molecule has 0 atom stereocenters. The largest absolute Gasteiger partial charge is 0.494 e. The highest BCUT2D eigenvalue weighted by molar-refractivity contribution is 7.99. The molecule has 2 aromatic carbocycles. The Bertz CT molecular complexity index is 1100. The van der Waals surface area contributed by atoms with Crippen molar-refractivity contribution in [3.8, 4) is 5.75 Å². The Balaban J connectivity index is 1.63. The Kier molecular flexibility index (Phi) is 8.25. The molecule has 3 aromatic rings. The molecular weight excluding hydrogens is 454 g/mol. The number of morpholine rings is 1. The zero-order valence-corrected chi connectivity index (χ0v) is 21.1. The second kappa shape index (κ2) is 11.3. The molecule has 176 valence electrons. The smallest absolute Gasteiger partial charge is 0.260 e. The highest BCUT2D eigenvalue weighted by Crippen LogP contribution is 2.37. The van der Waals surface area contributed by atoms with Crippen LogP contribution >= 0.6 is 23.1 Å². The first-order valence-corrected chi connectivity index (χ1v) is 13.2. The van der Waals surface area contributed by atoms with Crippen molar-refractivity contribution in [3.05, 3.63) is 47.5 Å². The standard InChI is InChI=1S/C25H31N3O3S2/c1-4-32-20-8-5-7-19(17-20)24(29)28(12-6-11-27-13-15-31-16-14-27)25-26-22-21(30-3)10-9-18(2)23(22)33-25/h5,7-10,17H,4,6,11-16H2,1-3H3. The molecule has 6 nitrogen and oxygen atoms in total. The van der Waals surface area contributed by atoms with Crippen molar-refractivity contribution in [1.82, 2.24) is 9.88 Å². The van der Waals surface area contributed by atoms with Crippen LogP contribution in [0.4, 0.5) is 5.13 Å². The van der Waals surface area contributed by atoms with E-state index < -0.39 is 0 Å². The van der Waals surface area contributed by atoms with E-state index in [9.17, 15) is 4.79 Å². The number of amides is 1. The molecule has 0 N–H and O–H groups in total. The summed E-state index contributed by atoms with van der Waals surface area (Å²) in [7, 11) is 1.66. The minimum absolute atomic E-state index is 0.00814. The lowest BCUT2D eigenvalue weighted by Crippen LogP contribution is -2.39. The van der Waals surface area contributed by atoms with Crippen molar-refractivity contribution >= 4 is 44.4 Å². The Labute approximate surface area is 203 Å². The number of rotatable bonds is 9. The quantitative estimate of drug-likeness (QED) is 0.393. The van der Waals surface area contributed by atoms with Crippen LogP contribution in [0.5, 0.6) is 5.75 Å². The lowest BCUT2D eigenvalue weighted by molar-refractivity contribution is 0.0376. The monoisotopic (exact) mass is 485 g/mol. The van der Waals surface area contributed by atoms with Gasteiger partial charge in [0.25, 0.3) is 5.91 Å². The lowest BCUT2D eigenvalue weighted by Gasteiger charge is -2.27. The van der Waals surface area contributed by atoms with E-state index in [4.69, 9.17) is 14.5 Å². The van der Waals surface area contributed by atoms with E-state index in [0.717, 1.165) is 76.6 Å². The summed E-state index contributed by atoms with van der Waals surface area (Å²) in [5.41, 5.74) is 2.65. The van der Waals surface area contributed by atoms with Crippen LogP contribution in [-0.4, -0.2) is 68.0 Å². The highest BCUT2D eigenvalue weighted by Gasteiger charge is 2.23. The Morgan fingerprint density at radius 2 is 2.09 bits per heavy atom. The maximum Gasteiger partial charge on any atom is 0.260 e. The zero-order chi connectivity index (χ0) is 23.2. The van der Waals surface area contributed by atoms with Crippen molar-refractivity contribution in [1.29, 1.82) is 0 Å². The molecule has 33 heavy (non-hydrogen) atoms. The molecule has 1 saturated heterocycles. The number of carbonyl (C=O) groups is 1. The average molecular weight is 486 g/mol. The third-order valence-corrected chi connectivity index (χ3v) is 7.83. The summed E-state index contributed by atoms with van der Waals surface area (Å²) in [6, 6.07) is 11.9. The zero-order valence-electron chi connectivity index (χ0n) is 19.5. The van der Waals surface area contributed by atoms with E-state index in [2.05, 4.69) is 24.8 Å². The number of thiazole rings is 1. The first-order valence-electron chi connectivity index (χ1n) is 11.4. The van der Waals surface area contributed by atoms with Gasteiger partial charge in [0.15, 0.2) is 5.13 Å². The Morgan fingerprint density at radius 3 is 2.85 bits per heavy atom. The number of aryl methyl sites for hydroxylation is 1. The number of benzene rings is 2. The summed E-state index contributed by atoms with van der Waals surface area (Å²) in [5, 5.41) is 0.720. The van der Waals surface area contributed by atoms with Crippen molar-refractivity contribution in [2.24, 2.45) is 0 Å². The van der Waals surface area contributed by atoms with Crippen molar-refractivity contribution in [2.75, 3.05) is 57.2 Å². The first-order chi connectivity index (χ1) is 16.1. The number of aromatic nitrogens is 1. The van der Waals surface area contributed by atoms with E-state index in [1.165, 1.54) is 0 Å². The van der Waals surface area contributed by atoms with Crippen LogP contribution in [0.2, 0.25) is 0 Å². The van der Waals surface area contributed by atoms with E-state index in [-0.39, 0.29) is 5.91 Å². The second-order valence-corrected chi connectivity index (χ2v) is 10.3. The van der Waals surface area contributed by atoms with Gasteiger partial charge in [-0.1, -0.05) is 30.4 Å². The molecule has 8 heteroatoms. The molecule has 4 rings (SSSR count). The SMILES string of the molecule is CCSc1cccc(C(=O)N(CCCN2CCOCC2)c2nc3c(OC)ccc(C)c3s2)c1. The van der Waals surface area contributed by atoms with Gasteiger partial charge in [-0.3, -0.25) is 14.6 Å². The van der Waals surface area contributed by atoms with Gasteiger partial charge < -0.3 is 9.47 Å².